The lowest BCUT2D eigenvalue weighted by Gasteiger charge is -2.36. The summed E-state index contributed by atoms with van der Waals surface area (Å²) in [6.07, 6.45) is 2.72. The number of carbonyl (C=O) groups excluding carboxylic acids is 1. The fraction of sp³-hybridized carbons (Fsp3) is 0.643. The molecule has 2 atom stereocenters. The Hall–Kier alpha value is -1.56. The molecule has 1 aromatic rings. The van der Waals surface area contributed by atoms with E-state index in [9.17, 15) is 9.59 Å². The first kappa shape index (κ1) is 15.8. The Bertz CT molecular complexity index is 577. The van der Waals surface area contributed by atoms with Gasteiger partial charge < -0.3 is 9.64 Å². The van der Waals surface area contributed by atoms with Crippen molar-refractivity contribution in [1.29, 1.82) is 0 Å². The van der Waals surface area contributed by atoms with Crippen LogP contribution < -0.4 is 10.5 Å². The molecule has 0 N–H and O–H groups in total. The number of halogens is 1. The molecule has 0 amide bonds. The average molecular weight is 314 g/mol. The molecule has 1 aliphatic rings. The third kappa shape index (κ3) is 3.56. The minimum Gasteiger partial charge on any atom is -0.468 e. The number of anilines is 1. The predicted octanol–water partition coefficient (Wildman–Crippen LogP) is 1.55. The zero-order valence-corrected chi connectivity index (χ0v) is 13.3. The van der Waals surface area contributed by atoms with Crippen molar-refractivity contribution in [2.24, 2.45) is 11.8 Å². The van der Waals surface area contributed by atoms with Gasteiger partial charge in [0.15, 0.2) is 0 Å². The Balaban J connectivity index is 2.28. The highest BCUT2D eigenvalue weighted by Gasteiger charge is 2.25. The highest BCUT2D eigenvalue weighted by Crippen LogP contribution is 2.28. The van der Waals surface area contributed by atoms with Gasteiger partial charge in [-0.2, -0.15) is 5.10 Å². The van der Waals surface area contributed by atoms with E-state index in [1.54, 1.807) is 6.20 Å². The van der Waals surface area contributed by atoms with Gasteiger partial charge in [0.2, 0.25) is 0 Å². The first-order valence-electron chi connectivity index (χ1n) is 6.99. The van der Waals surface area contributed by atoms with Crippen molar-refractivity contribution < 1.29 is 9.53 Å². The quantitative estimate of drug-likeness (QED) is 0.792. The Labute approximate surface area is 128 Å². The second-order valence-electron chi connectivity index (χ2n) is 5.73. The SMILES string of the molecule is COC(=O)Cn1ncc(N2C[C@H](C)C[C@H](C)C2)c(Cl)c1=O. The van der Waals surface area contributed by atoms with Gasteiger partial charge in [0.1, 0.15) is 11.6 Å². The summed E-state index contributed by atoms with van der Waals surface area (Å²) < 4.78 is 5.55. The van der Waals surface area contributed by atoms with E-state index in [1.807, 2.05) is 0 Å². The summed E-state index contributed by atoms with van der Waals surface area (Å²) in [6, 6.07) is 0. The van der Waals surface area contributed by atoms with Gasteiger partial charge in [-0.15, -0.1) is 0 Å². The van der Waals surface area contributed by atoms with E-state index in [4.69, 9.17) is 11.6 Å². The third-order valence-corrected chi connectivity index (χ3v) is 4.04. The van der Waals surface area contributed by atoms with Gasteiger partial charge in [0, 0.05) is 13.1 Å². The van der Waals surface area contributed by atoms with Crippen LogP contribution >= 0.6 is 11.6 Å². The molecule has 0 aromatic carbocycles. The Morgan fingerprint density at radius 3 is 2.62 bits per heavy atom. The second-order valence-corrected chi connectivity index (χ2v) is 6.11. The summed E-state index contributed by atoms with van der Waals surface area (Å²) in [7, 11) is 1.26. The van der Waals surface area contributed by atoms with E-state index < -0.39 is 11.5 Å². The predicted molar refractivity (Wildman–Crippen MR) is 80.7 cm³/mol. The zero-order chi connectivity index (χ0) is 15.6. The molecule has 116 valence electrons. The van der Waals surface area contributed by atoms with Gasteiger partial charge >= 0.3 is 5.97 Å². The molecule has 0 spiro atoms. The molecule has 0 bridgehead atoms. The third-order valence-electron chi connectivity index (χ3n) is 3.68. The highest BCUT2D eigenvalue weighted by molar-refractivity contribution is 6.33. The van der Waals surface area contributed by atoms with E-state index in [1.165, 1.54) is 13.5 Å². The molecule has 21 heavy (non-hydrogen) atoms. The number of esters is 1. The van der Waals surface area contributed by atoms with Crippen LogP contribution in [0.25, 0.3) is 0 Å². The van der Waals surface area contributed by atoms with Gasteiger partial charge in [-0.3, -0.25) is 9.59 Å². The maximum Gasteiger partial charge on any atom is 0.327 e. The molecule has 6 nitrogen and oxygen atoms in total. The number of carbonyl (C=O) groups is 1. The van der Waals surface area contributed by atoms with E-state index in [0.717, 1.165) is 17.8 Å². The van der Waals surface area contributed by atoms with Crippen LogP contribution in [0.1, 0.15) is 20.3 Å². The standard InChI is InChI=1S/C14H20ClN3O3/c1-9-4-10(2)7-17(6-9)11-5-16-18(8-12(19)21-3)14(20)13(11)15/h5,9-10H,4,6-8H2,1-3H3/t9-,10+. The van der Waals surface area contributed by atoms with Crippen LogP contribution in [-0.2, 0) is 16.1 Å². The van der Waals surface area contributed by atoms with Crippen LogP contribution in [0.4, 0.5) is 5.69 Å². The monoisotopic (exact) mass is 313 g/mol. The molecule has 0 unspecified atom stereocenters. The molecule has 2 rings (SSSR count). The van der Waals surface area contributed by atoms with Crippen molar-refractivity contribution >= 4 is 23.3 Å². The summed E-state index contributed by atoms with van der Waals surface area (Å²) in [4.78, 5) is 25.5. The molecule has 1 saturated heterocycles. The summed E-state index contributed by atoms with van der Waals surface area (Å²) in [5, 5.41) is 4.14. The van der Waals surface area contributed by atoms with Gasteiger partial charge in [-0.25, -0.2) is 4.68 Å². The van der Waals surface area contributed by atoms with Crippen molar-refractivity contribution in [3.63, 3.8) is 0 Å². The normalized spacial score (nSPS) is 22.2. The van der Waals surface area contributed by atoms with Crippen LogP contribution in [0.3, 0.4) is 0 Å². The fourth-order valence-electron chi connectivity index (χ4n) is 2.84. The molecule has 1 aliphatic heterocycles. The summed E-state index contributed by atoms with van der Waals surface area (Å²) >= 11 is 6.19. The van der Waals surface area contributed by atoms with Crippen molar-refractivity contribution in [1.82, 2.24) is 9.78 Å². The van der Waals surface area contributed by atoms with Crippen molar-refractivity contribution in [2.75, 3.05) is 25.1 Å². The molecular formula is C14H20ClN3O3. The number of piperidine rings is 1. The second kappa shape index (κ2) is 6.47. The number of methoxy groups -OCH3 is 1. The van der Waals surface area contributed by atoms with Gasteiger partial charge in [0.05, 0.1) is 19.0 Å². The van der Waals surface area contributed by atoms with E-state index >= 15 is 0 Å². The van der Waals surface area contributed by atoms with Gasteiger partial charge in [-0.1, -0.05) is 25.4 Å². The molecule has 0 radical (unpaired) electrons. The first-order chi connectivity index (χ1) is 9.92. The largest absolute Gasteiger partial charge is 0.468 e. The van der Waals surface area contributed by atoms with Crippen molar-refractivity contribution in [2.45, 2.75) is 26.8 Å². The summed E-state index contributed by atoms with van der Waals surface area (Å²) in [5.41, 5.74) is 0.173. The van der Waals surface area contributed by atoms with E-state index in [2.05, 4.69) is 28.6 Å². The average Bonchev–Trinajstić information content (AvgIpc) is 2.42. The smallest absolute Gasteiger partial charge is 0.327 e. The summed E-state index contributed by atoms with van der Waals surface area (Å²) in [5.74, 6) is 0.554. The lowest BCUT2D eigenvalue weighted by Crippen LogP contribution is -2.40. The number of aromatic nitrogens is 2. The topological polar surface area (TPSA) is 64.4 Å². The minimum atomic E-state index is -0.534. The Morgan fingerprint density at radius 1 is 1.43 bits per heavy atom. The number of nitrogens with zero attached hydrogens (tertiary/aromatic N) is 3. The Kier molecular flexibility index (Phi) is 4.88. The van der Waals surface area contributed by atoms with Crippen molar-refractivity contribution in [3.05, 3.63) is 21.6 Å². The maximum atomic E-state index is 12.2. The van der Waals surface area contributed by atoms with Crippen LogP contribution in [0, 0.1) is 11.8 Å². The zero-order valence-electron chi connectivity index (χ0n) is 12.5. The van der Waals surface area contributed by atoms with E-state index in [0.29, 0.717) is 17.5 Å². The molecule has 2 heterocycles. The number of hydrogen-bond acceptors (Lipinski definition) is 5. The highest BCUT2D eigenvalue weighted by atomic mass is 35.5. The van der Waals surface area contributed by atoms with E-state index in [-0.39, 0.29) is 11.6 Å². The molecule has 0 saturated carbocycles. The number of rotatable bonds is 3. The van der Waals surface area contributed by atoms with Crippen LogP contribution in [0.2, 0.25) is 5.02 Å². The molecular weight excluding hydrogens is 294 g/mol. The number of hydrogen-bond donors (Lipinski definition) is 0. The lowest BCUT2D eigenvalue weighted by atomic mass is 9.92. The molecule has 1 fully saturated rings. The van der Waals surface area contributed by atoms with Crippen LogP contribution in [0.15, 0.2) is 11.0 Å². The summed E-state index contributed by atoms with van der Waals surface area (Å²) in [6.45, 7) is 5.84. The lowest BCUT2D eigenvalue weighted by molar-refractivity contribution is -0.141. The number of ether oxygens (including phenoxy) is 1. The maximum absolute atomic E-state index is 12.2. The molecule has 0 aliphatic carbocycles. The van der Waals surface area contributed by atoms with Gasteiger partial charge in [-0.05, 0) is 18.3 Å². The fourth-order valence-corrected chi connectivity index (χ4v) is 3.10. The Morgan fingerprint density at radius 2 is 2.05 bits per heavy atom. The minimum absolute atomic E-state index is 0.107. The van der Waals surface area contributed by atoms with Crippen LogP contribution in [-0.4, -0.2) is 35.9 Å². The molecule has 7 heteroatoms. The van der Waals surface area contributed by atoms with Crippen molar-refractivity contribution in [3.8, 4) is 0 Å². The molecule has 1 aromatic heterocycles. The first-order valence-corrected chi connectivity index (χ1v) is 7.37. The van der Waals surface area contributed by atoms with Crippen LogP contribution in [0.5, 0.6) is 0 Å². The van der Waals surface area contributed by atoms with Gasteiger partial charge in [0.25, 0.3) is 5.56 Å².